The highest BCUT2D eigenvalue weighted by molar-refractivity contribution is 5.91. The van der Waals surface area contributed by atoms with Crippen molar-refractivity contribution in [2.75, 3.05) is 38.4 Å². The van der Waals surface area contributed by atoms with E-state index in [1.807, 2.05) is 18.2 Å². The lowest BCUT2D eigenvalue weighted by Crippen LogP contribution is -2.50. The van der Waals surface area contributed by atoms with Crippen molar-refractivity contribution in [3.63, 3.8) is 0 Å². The molecule has 168 valence electrons. The standard InChI is InChI=1S/C23H27N5O4/c1-31-19-8-7-15(11-20(19)32-2)26-22(30)28-10-9-14-12-23(21(25)29,27-18(14)13-28)16-5-3-4-6-17(16)24/h3-8,11,27H,9-10,12-13,24H2,1-2H3,(H2,25,29)(H,26,30). The van der Waals surface area contributed by atoms with Gasteiger partial charge in [0.1, 0.15) is 5.54 Å². The van der Waals surface area contributed by atoms with Crippen molar-refractivity contribution in [2.45, 2.75) is 18.4 Å². The summed E-state index contributed by atoms with van der Waals surface area (Å²) < 4.78 is 10.5. The van der Waals surface area contributed by atoms with Crippen LogP contribution in [-0.4, -0.2) is 44.1 Å². The molecule has 2 aromatic rings. The molecule has 9 heteroatoms. The number of nitrogens with one attached hydrogen (secondary N) is 2. The highest BCUT2D eigenvalue weighted by atomic mass is 16.5. The van der Waals surface area contributed by atoms with E-state index >= 15 is 0 Å². The van der Waals surface area contributed by atoms with Gasteiger partial charge in [0, 0.05) is 41.7 Å². The number of hydrogen-bond acceptors (Lipinski definition) is 6. The number of amides is 3. The molecule has 4 rings (SSSR count). The van der Waals surface area contributed by atoms with Gasteiger partial charge in [0.15, 0.2) is 11.5 Å². The molecule has 32 heavy (non-hydrogen) atoms. The number of urea groups is 1. The number of carbonyl (C=O) groups is 2. The topological polar surface area (TPSA) is 132 Å². The summed E-state index contributed by atoms with van der Waals surface area (Å²) in [6, 6.07) is 12.1. The normalized spacial score (nSPS) is 19.8. The van der Waals surface area contributed by atoms with Crippen LogP contribution >= 0.6 is 0 Å². The van der Waals surface area contributed by atoms with Gasteiger partial charge in [-0.3, -0.25) is 4.79 Å². The molecule has 0 bridgehead atoms. The van der Waals surface area contributed by atoms with Crippen LogP contribution in [0, 0.1) is 0 Å². The molecule has 0 fully saturated rings. The van der Waals surface area contributed by atoms with E-state index in [-0.39, 0.29) is 6.03 Å². The Kier molecular flexibility index (Phi) is 5.56. The predicted molar refractivity (Wildman–Crippen MR) is 121 cm³/mol. The van der Waals surface area contributed by atoms with Crippen molar-refractivity contribution in [1.29, 1.82) is 0 Å². The number of rotatable bonds is 5. The van der Waals surface area contributed by atoms with E-state index < -0.39 is 11.4 Å². The van der Waals surface area contributed by atoms with Gasteiger partial charge < -0.3 is 36.5 Å². The number of nitrogen functional groups attached to an aromatic ring is 1. The maximum Gasteiger partial charge on any atom is 0.322 e. The smallest absolute Gasteiger partial charge is 0.322 e. The van der Waals surface area contributed by atoms with E-state index in [9.17, 15) is 9.59 Å². The van der Waals surface area contributed by atoms with Crippen LogP contribution in [0.3, 0.4) is 0 Å². The summed E-state index contributed by atoms with van der Waals surface area (Å²) >= 11 is 0. The van der Waals surface area contributed by atoms with Crippen LogP contribution in [0.5, 0.6) is 11.5 Å². The minimum atomic E-state index is -1.11. The quantitative estimate of drug-likeness (QED) is 0.530. The lowest BCUT2D eigenvalue weighted by atomic mass is 9.84. The molecule has 1 atom stereocenters. The van der Waals surface area contributed by atoms with E-state index in [2.05, 4.69) is 10.6 Å². The van der Waals surface area contributed by atoms with Crippen LogP contribution in [0.15, 0.2) is 53.7 Å². The Morgan fingerprint density at radius 2 is 1.88 bits per heavy atom. The average Bonchev–Trinajstić information content (AvgIpc) is 3.19. The van der Waals surface area contributed by atoms with E-state index in [1.54, 1.807) is 43.4 Å². The highest BCUT2D eigenvalue weighted by Crippen LogP contribution is 2.41. The monoisotopic (exact) mass is 437 g/mol. The van der Waals surface area contributed by atoms with Crippen LogP contribution in [0.1, 0.15) is 18.4 Å². The first-order valence-electron chi connectivity index (χ1n) is 10.3. The first-order valence-corrected chi connectivity index (χ1v) is 10.3. The zero-order valence-corrected chi connectivity index (χ0v) is 18.1. The molecule has 1 unspecified atom stereocenters. The number of hydrogen-bond donors (Lipinski definition) is 4. The summed E-state index contributed by atoms with van der Waals surface area (Å²) in [4.78, 5) is 27.2. The molecule has 0 radical (unpaired) electrons. The van der Waals surface area contributed by atoms with Gasteiger partial charge in [-0.05, 0) is 30.2 Å². The van der Waals surface area contributed by atoms with E-state index in [1.165, 1.54) is 0 Å². The molecule has 3 amide bonds. The maximum atomic E-state index is 12.9. The Morgan fingerprint density at radius 1 is 1.12 bits per heavy atom. The molecular formula is C23H27N5O4. The number of anilines is 2. The van der Waals surface area contributed by atoms with Crippen molar-refractivity contribution in [3.8, 4) is 11.5 Å². The SMILES string of the molecule is COc1ccc(NC(=O)N2CCC3=C(C2)NC(C(N)=O)(c2ccccc2N)C3)cc1OC. The summed E-state index contributed by atoms with van der Waals surface area (Å²) in [6.45, 7) is 0.870. The number of para-hydroxylation sites is 1. The van der Waals surface area contributed by atoms with Gasteiger partial charge in [-0.15, -0.1) is 0 Å². The summed E-state index contributed by atoms with van der Waals surface area (Å²) in [5.74, 6) is 0.612. The van der Waals surface area contributed by atoms with Crippen LogP contribution in [-0.2, 0) is 10.3 Å². The molecular weight excluding hydrogens is 410 g/mol. The van der Waals surface area contributed by atoms with Gasteiger partial charge in [-0.25, -0.2) is 4.79 Å². The van der Waals surface area contributed by atoms with Gasteiger partial charge in [0.2, 0.25) is 5.91 Å². The molecule has 2 heterocycles. The Hall–Kier alpha value is -3.88. The van der Waals surface area contributed by atoms with E-state index in [4.69, 9.17) is 20.9 Å². The molecule has 2 aromatic carbocycles. The van der Waals surface area contributed by atoms with Crippen molar-refractivity contribution in [2.24, 2.45) is 5.73 Å². The number of nitrogens with zero attached hydrogens (tertiary/aromatic N) is 1. The van der Waals surface area contributed by atoms with Crippen molar-refractivity contribution in [1.82, 2.24) is 10.2 Å². The lowest BCUT2D eigenvalue weighted by Gasteiger charge is -2.31. The predicted octanol–water partition coefficient (Wildman–Crippen LogP) is 2.15. The van der Waals surface area contributed by atoms with Gasteiger partial charge >= 0.3 is 6.03 Å². The fourth-order valence-electron chi connectivity index (χ4n) is 4.37. The zero-order chi connectivity index (χ0) is 22.9. The molecule has 0 spiro atoms. The number of ether oxygens (including phenoxy) is 2. The lowest BCUT2D eigenvalue weighted by molar-refractivity contribution is -0.124. The number of nitrogens with two attached hydrogens (primary N) is 2. The molecule has 0 aliphatic carbocycles. The third-order valence-corrected chi connectivity index (χ3v) is 6.07. The molecule has 0 aromatic heterocycles. The molecule has 6 N–H and O–H groups in total. The molecule has 9 nitrogen and oxygen atoms in total. The van der Waals surface area contributed by atoms with Gasteiger partial charge in [-0.1, -0.05) is 18.2 Å². The van der Waals surface area contributed by atoms with Crippen LogP contribution in [0.25, 0.3) is 0 Å². The molecule has 0 saturated heterocycles. The van der Waals surface area contributed by atoms with E-state index in [0.717, 1.165) is 11.3 Å². The van der Waals surface area contributed by atoms with Crippen LogP contribution in [0.4, 0.5) is 16.2 Å². The molecule has 2 aliphatic heterocycles. The second kappa shape index (κ2) is 8.33. The Morgan fingerprint density at radius 3 is 2.56 bits per heavy atom. The molecule has 0 saturated carbocycles. The Labute approximate surface area is 186 Å². The third kappa shape index (κ3) is 3.66. The largest absolute Gasteiger partial charge is 0.493 e. The Balaban J connectivity index is 1.50. The van der Waals surface area contributed by atoms with E-state index in [0.29, 0.717) is 54.4 Å². The minimum Gasteiger partial charge on any atom is -0.493 e. The second-order valence-electron chi connectivity index (χ2n) is 7.91. The van der Waals surface area contributed by atoms with Gasteiger partial charge in [-0.2, -0.15) is 0 Å². The highest BCUT2D eigenvalue weighted by Gasteiger charge is 2.47. The second-order valence-corrected chi connectivity index (χ2v) is 7.91. The van der Waals surface area contributed by atoms with Crippen molar-refractivity contribution >= 4 is 23.3 Å². The van der Waals surface area contributed by atoms with Crippen LogP contribution < -0.4 is 31.6 Å². The maximum absolute atomic E-state index is 12.9. The first-order chi connectivity index (χ1) is 15.4. The summed E-state index contributed by atoms with van der Waals surface area (Å²) in [7, 11) is 3.09. The van der Waals surface area contributed by atoms with Crippen LogP contribution in [0.2, 0.25) is 0 Å². The zero-order valence-electron chi connectivity index (χ0n) is 18.1. The number of carbonyl (C=O) groups excluding carboxylic acids is 2. The summed E-state index contributed by atoms with van der Waals surface area (Å²) in [5, 5.41) is 6.20. The summed E-state index contributed by atoms with van der Waals surface area (Å²) in [6.07, 6.45) is 1.08. The number of primary amides is 1. The fourth-order valence-corrected chi connectivity index (χ4v) is 4.37. The minimum absolute atomic E-state index is 0.249. The first kappa shape index (κ1) is 21.4. The van der Waals surface area contributed by atoms with Crippen molar-refractivity contribution in [3.05, 3.63) is 59.3 Å². The van der Waals surface area contributed by atoms with Gasteiger partial charge in [0.25, 0.3) is 0 Å². The molecule has 2 aliphatic rings. The summed E-state index contributed by atoms with van der Waals surface area (Å²) in [5.41, 5.74) is 14.6. The average molecular weight is 438 g/mol. The third-order valence-electron chi connectivity index (χ3n) is 6.07. The fraction of sp³-hybridized carbons (Fsp3) is 0.304. The van der Waals surface area contributed by atoms with Gasteiger partial charge in [0.05, 0.1) is 20.8 Å². The Bertz CT molecular complexity index is 1100. The number of methoxy groups -OCH3 is 2. The van der Waals surface area contributed by atoms with Crippen molar-refractivity contribution < 1.29 is 19.1 Å². The number of benzene rings is 2.